The van der Waals surface area contributed by atoms with Crippen molar-refractivity contribution in [2.24, 2.45) is 0 Å². The van der Waals surface area contributed by atoms with Crippen LogP contribution in [0.15, 0.2) is 53.5 Å². The Morgan fingerprint density at radius 2 is 2.04 bits per heavy atom. The number of methoxy groups -OCH3 is 1. The molecule has 1 N–H and O–H groups in total. The van der Waals surface area contributed by atoms with Gasteiger partial charge in [0.1, 0.15) is 24.4 Å². The third-order valence-electron chi connectivity index (χ3n) is 5.21. The number of rotatable bonds is 3. The fourth-order valence-corrected chi connectivity index (χ4v) is 3.82. The molecule has 0 radical (unpaired) electrons. The van der Waals surface area contributed by atoms with Crippen LogP contribution in [0.3, 0.4) is 0 Å². The second-order valence-corrected chi connectivity index (χ2v) is 7.08. The van der Waals surface area contributed by atoms with Crippen molar-refractivity contribution in [3.63, 3.8) is 0 Å². The minimum absolute atomic E-state index is 0.106. The fraction of sp³-hybridized carbons (Fsp3) is 0.286. The number of nitrogens with zero attached hydrogens (tertiary/aromatic N) is 2. The summed E-state index contributed by atoms with van der Waals surface area (Å²) in [5.41, 5.74) is 4.61. The van der Waals surface area contributed by atoms with E-state index in [1.807, 2.05) is 31.2 Å². The minimum atomic E-state index is -0.303. The number of fused-ring (bicyclic) bond motifs is 2. The van der Waals surface area contributed by atoms with Crippen LogP contribution in [0, 0.1) is 6.92 Å². The molecule has 0 amide bonds. The van der Waals surface area contributed by atoms with Gasteiger partial charge in [-0.05, 0) is 24.1 Å². The molecule has 1 unspecified atom stereocenters. The largest absolute Gasteiger partial charge is 0.465 e. The standard InChI is InChI=1S/C21H21N3O3/c1-14-7-8-19-22-17(10-20(25)24(19)11-14)13-23-12-16-6-4-3-5-15(16)9-18(23)21(26)27-2/h3-8,10-11,18H,9,12-13H2,1-2H3/p+1/t18-/m1/s1. The van der Waals surface area contributed by atoms with Crippen LogP contribution in [-0.2, 0) is 29.0 Å². The number of hydrogen-bond donors (Lipinski definition) is 1. The molecule has 3 aromatic rings. The topological polar surface area (TPSA) is 65.1 Å². The van der Waals surface area contributed by atoms with Crippen molar-refractivity contribution in [1.82, 2.24) is 9.38 Å². The molecule has 0 spiro atoms. The average molecular weight is 364 g/mol. The van der Waals surface area contributed by atoms with Gasteiger partial charge in [-0.3, -0.25) is 9.20 Å². The van der Waals surface area contributed by atoms with Crippen LogP contribution in [-0.4, -0.2) is 28.5 Å². The molecule has 1 aromatic carbocycles. The second kappa shape index (κ2) is 6.96. The molecule has 2 aromatic heterocycles. The van der Waals surface area contributed by atoms with Crippen molar-refractivity contribution in [3.8, 4) is 0 Å². The molecule has 0 fully saturated rings. The van der Waals surface area contributed by atoms with Crippen LogP contribution in [0.25, 0.3) is 5.65 Å². The molecule has 0 aliphatic carbocycles. The molecule has 4 rings (SSSR count). The zero-order valence-electron chi connectivity index (χ0n) is 15.4. The summed E-state index contributed by atoms with van der Waals surface area (Å²) in [5, 5.41) is 0. The number of ether oxygens (including phenoxy) is 1. The quantitative estimate of drug-likeness (QED) is 0.695. The maximum atomic E-state index is 12.5. The molecule has 0 saturated carbocycles. The Morgan fingerprint density at radius 1 is 1.26 bits per heavy atom. The van der Waals surface area contributed by atoms with Gasteiger partial charge in [0.05, 0.1) is 7.11 Å². The van der Waals surface area contributed by atoms with Crippen molar-refractivity contribution in [2.45, 2.75) is 32.5 Å². The lowest BCUT2D eigenvalue weighted by atomic mass is 9.94. The van der Waals surface area contributed by atoms with Crippen molar-refractivity contribution >= 4 is 11.6 Å². The highest BCUT2D eigenvalue weighted by molar-refractivity contribution is 5.74. The van der Waals surface area contributed by atoms with E-state index in [2.05, 4.69) is 17.1 Å². The lowest BCUT2D eigenvalue weighted by Gasteiger charge is -2.31. The van der Waals surface area contributed by atoms with E-state index in [1.165, 1.54) is 18.2 Å². The number of carbonyl (C=O) groups is 1. The van der Waals surface area contributed by atoms with Crippen LogP contribution in [0.1, 0.15) is 22.4 Å². The van der Waals surface area contributed by atoms with E-state index in [4.69, 9.17) is 4.74 Å². The summed E-state index contributed by atoms with van der Waals surface area (Å²) in [7, 11) is 1.42. The van der Waals surface area contributed by atoms with Gasteiger partial charge >= 0.3 is 5.97 Å². The van der Waals surface area contributed by atoms with Gasteiger partial charge in [0.15, 0.2) is 6.04 Å². The predicted molar refractivity (Wildman–Crippen MR) is 101 cm³/mol. The van der Waals surface area contributed by atoms with Crippen LogP contribution >= 0.6 is 0 Å². The summed E-state index contributed by atoms with van der Waals surface area (Å²) >= 11 is 0. The summed E-state index contributed by atoms with van der Waals surface area (Å²) < 4.78 is 6.59. The number of nitrogens with one attached hydrogen (secondary N) is 1. The molecular formula is C21H22N3O3+. The van der Waals surface area contributed by atoms with Crippen LogP contribution in [0.2, 0.25) is 0 Å². The molecular weight excluding hydrogens is 342 g/mol. The lowest BCUT2D eigenvalue weighted by molar-refractivity contribution is -0.946. The molecule has 27 heavy (non-hydrogen) atoms. The van der Waals surface area contributed by atoms with E-state index in [0.29, 0.717) is 30.9 Å². The van der Waals surface area contributed by atoms with E-state index >= 15 is 0 Å². The van der Waals surface area contributed by atoms with Crippen molar-refractivity contribution in [1.29, 1.82) is 0 Å². The van der Waals surface area contributed by atoms with Gasteiger partial charge in [-0.25, -0.2) is 9.78 Å². The third-order valence-corrected chi connectivity index (χ3v) is 5.21. The number of hydrogen-bond acceptors (Lipinski definition) is 4. The third kappa shape index (κ3) is 3.36. The first-order valence-corrected chi connectivity index (χ1v) is 9.03. The normalized spacial score (nSPS) is 18.9. The molecule has 6 heteroatoms. The van der Waals surface area contributed by atoms with Gasteiger partial charge in [-0.2, -0.15) is 0 Å². The first kappa shape index (κ1) is 17.4. The Morgan fingerprint density at radius 3 is 2.81 bits per heavy atom. The first-order valence-electron chi connectivity index (χ1n) is 9.03. The molecule has 0 saturated heterocycles. The van der Waals surface area contributed by atoms with Crippen LogP contribution < -0.4 is 10.5 Å². The highest BCUT2D eigenvalue weighted by Crippen LogP contribution is 2.15. The van der Waals surface area contributed by atoms with E-state index in [-0.39, 0.29) is 17.6 Å². The van der Waals surface area contributed by atoms with Crippen LogP contribution in [0.5, 0.6) is 0 Å². The summed E-state index contributed by atoms with van der Waals surface area (Å²) in [4.78, 5) is 30.5. The molecule has 6 nitrogen and oxygen atoms in total. The number of benzene rings is 1. The predicted octanol–water partition coefficient (Wildman–Crippen LogP) is 0.686. The highest BCUT2D eigenvalue weighted by atomic mass is 16.5. The monoisotopic (exact) mass is 364 g/mol. The van der Waals surface area contributed by atoms with Crippen LogP contribution in [0.4, 0.5) is 0 Å². The number of aromatic nitrogens is 2. The molecule has 138 valence electrons. The van der Waals surface area contributed by atoms with Gasteiger partial charge in [-0.15, -0.1) is 0 Å². The first-order chi connectivity index (χ1) is 13.0. The van der Waals surface area contributed by atoms with Crippen molar-refractivity contribution < 1.29 is 14.4 Å². The number of aryl methyl sites for hydroxylation is 1. The second-order valence-electron chi connectivity index (χ2n) is 7.08. The van der Waals surface area contributed by atoms with Gasteiger partial charge in [-0.1, -0.05) is 30.3 Å². The maximum Gasteiger partial charge on any atom is 0.365 e. The minimum Gasteiger partial charge on any atom is -0.465 e. The Labute approximate surface area is 157 Å². The van der Waals surface area contributed by atoms with E-state index in [9.17, 15) is 9.59 Å². The zero-order valence-corrected chi connectivity index (χ0v) is 15.4. The Bertz CT molecular complexity index is 1070. The molecule has 1 aliphatic rings. The summed E-state index contributed by atoms with van der Waals surface area (Å²) in [6.45, 7) is 3.13. The van der Waals surface area contributed by atoms with E-state index < -0.39 is 0 Å². The lowest BCUT2D eigenvalue weighted by Crippen LogP contribution is -3.15. The van der Waals surface area contributed by atoms with E-state index in [0.717, 1.165) is 10.5 Å². The van der Waals surface area contributed by atoms with Gasteiger partial charge in [0.2, 0.25) is 0 Å². The zero-order chi connectivity index (χ0) is 19.0. The average Bonchev–Trinajstić information content (AvgIpc) is 2.67. The number of carbonyl (C=O) groups excluding carboxylic acids is 1. The van der Waals surface area contributed by atoms with Gasteiger partial charge in [0.25, 0.3) is 5.56 Å². The summed E-state index contributed by atoms with van der Waals surface area (Å²) in [5.74, 6) is -0.229. The number of esters is 1. The Hall–Kier alpha value is -2.99. The molecule has 1 aliphatic heterocycles. The maximum absolute atomic E-state index is 12.5. The Kier molecular flexibility index (Phi) is 4.49. The van der Waals surface area contributed by atoms with Crippen molar-refractivity contribution in [2.75, 3.05) is 7.11 Å². The summed E-state index contributed by atoms with van der Waals surface area (Å²) in [6.07, 6.45) is 2.42. The molecule has 3 heterocycles. The Balaban J connectivity index is 1.69. The summed E-state index contributed by atoms with van der Waals surface area (Å²) in [6, 6.07) is 13.2. The highest BCUT2D eigenvalue weighted by Gasteiger charge is 2.36. The number of pyridine rings is 1. The SMILES string of the molecule is COC(=O)[C@H]1Cc2ccccc2C[NH+]1Cc1cc(=O)n2cc(C)ccc2n1. The molecule has 2 atom stereocenters. The number of quaternary nitrogens is 1. The fourth-order valence-electron chi connectivity index (χ4n) is 3.82. The van der Waals surface area contributed by atoms with Crippen molar-refractivity contribution in [3.05, 3.63) is 81.4 Å². The van der Waals surface area contributed by atoms with Gasteiger partial charge in [0, 0.05) is 24.2 Å². The van der Waals surface area contributed by atoms with E-state index in [1.54, 1.807) is 16.7 Å². The molecule has 0 bridgehead atoms. The van der Waals surface area contributed by atoms with Gasteiger partial charge < -0.3 is 9.64 Å². The smallest absolute Gasteiger partial charge is 0.365 e.